The maximum Gasteiger partial charge on any atom is 0.317 e. The van der Waals surface area contributed by atoms with E-state index in [-0.39, 0.29) is 11.9 Å². The first kappa shape index (κ1) is 18.8. The van der Waals surface area contributed by atoms with E-state index in [0.29, 0.717) is 31.9 Å². The molecule has 6 nitrogen and oxygen atoms in total. The van der Waals surface area contributed by atoms with Crippen molar-refractivity contribution in [3.63, 3.8) is 0 Å². The molecule has 2 fully saturated rings. The number of aromatic nitrogens is 1. The zero-order chi connectivity index (χ0) is 18.2. The predicted octanol–water partition coefficient (Wildman–Crippen LogP) is 3.23. The number of amides is 3. The second kappa shape index (κ2) is 9.64. The Morgan fingerprint density at radius 2 is 1.65 bits per heavy atom. The van der Waals surface area contributed by atoms with Crippen LogP contribution in [-0.4, -0.2) is 59.4 Å². The van der Waals surface area contributed by atoms with Gasteiger partial charge in [-0.15, -0.1) is 0 Å². The molecule has 1 saturated carbocycles. The molecule has 0 bridgehead atoms. The minimum absolute atomic E-state index is 0.0133. The number of carbonyl (C=O) groups excluding carboxylic acids is 2. The van der Waals surface area contributed by atoms with Gasteiger partial charge in [-0.05, 0) is 24.5 Å². The molecular formula is C20H32N4O2. The van der Waals surface area contributed by atoms with E-state index in [1.807, 2.05) is 15.9 Å². The van der Waals surface area contributed by atoms with Gasteiger partial charge in [0, 0.05) is 38.9 Å². The number of rotatable bonds is 4. The average Bonchev–Trinajstić information content (AvgIpc) is 3.17. The van der Waals surface area contributed by atoms with E-state index in [1.165, 1.54) is 44.9 Å². The van der Waals surface area contributed by atoms with Crippen LogP contribution in [0.2, 0.25) is 0 Å². The minimum atomic E-state index is 0.0133. The lowest BCUT2D eigenvalue weighted by Crippen LogP contribution is -2.53. The van der Waals surface area contributed by atoms with Crippen molar-refractivity contribution in [1.82, 2.24) is 20.1 Å². The lowest BCUT2D eigenvalue weighted by atomic mass is 9.89. The number of urea groups is 1. The van der Waals surface area contributed by atoms with Gasteiger partial charge in [0.1, 0.15) is 5.69 Å². The third-order valence-electron chi connectivity index (χ3n) is 5.74. The molecule has 1 aromatic heterocycles. The highest BCUT2D eigenvalue weighted by molar-refractivity contribution is 5.92. The van der Waals surface area contributed by atoms with Gasteiger partial charge in [0.15, 0.2) is 0 Å². The van der Waals surface area contributed by atoms with Gasteiger partial charge < -0.3 is 20.1 Å². The first-order chi connectivity index (χ1) is 12.7. The fraction of sp³-hybridized carbons (Fsp3) is 0.700. The fourth-order valence-electron chi connectivity index (χ4n) is 4.07. The third-order valence-corrected chi connectivity index (χ3v) is 5.74. The normalized spacial score (nSPS) is 19.7. The van der Waals surface area contributed by atoms with E-state index in [9.17, 15) is 9.59 Å². The van der Waals surface area contributed by atoms with Gasteiger partial charge in [-0.3, -0.25) is 4.79 Å². The smallest absolute Gasteiger partial charge is 0.317 e. The van der Waals surface area contributed by atoms with Crippen molar-refractivity contribution in [1.29, 1.82) is 0 Å². The van der Waals surface area contributed by atoms with Gasteiger partial charge in [0.25, 0.3) is 5.91 Å². The van der Waals surface area contributed by atoms with Crippen molar-refractivity contribution in [2.75, 3.05) is 32.7 Å². The highest BCUT2D eigenvalue weighted by Gasteiger charge is 2.25. The zero-order valence-corrected chi connectivity index (χ0v) is 15.7. The molecule has 0 unspecified atom stereocenters. The van der Waals surface area contributed by atoms with E-state index in [4.69, 9.17) is 0 Å². The third kappa shape index (κ3) is 5.26. The Bertz CT molecular complexity index is 556. The second-order valence-electron chi connectivity index (χ2n) is 7.59. The molecule has 0 radical (unpaired) electrons. The number of piperazine rings is 1. The molecule has 2 N–H and O–H groups in total. The Labute approximate surface area is 156 Å². The van der Waals surface area contributed by atoms with Gasteiger partial charge in [0.05, 0.1) is 0 Å². The predicted molar refractivity (Wildman–Crippen MR) is 102 cm³/mol. The van der Waals surface area contributed by atoms with Crippen LogP contribution in [0.5, 0.6) is 0 Å². The molecule has 2 aliphatic rings. The van der Waals surface area contributed by atoms with Crippen molar-refractivity contribution < 1.29 is 9.59 Å². The van der Waals surface area contributed by atoms with Crippen LogP contribution < -0.4 is 5.32 Å². The molecule has 6 heteroatoms. The topological polar surface area (TPSA) is 68.4 Å². The lowest BCUT2D eigenvalue weighted by Gasteiger charge is -2.34. The molecule has 1 aliphatic carbocycles. The van der Waals surface area contributed by atoms with Crippen LogP contribution in [0.4, 0.5) is 4.79 Å². The second-order valence-corrected chi connectivity index (χ2v) is 7.59. The summed E-state index contributed by atoms with van der Waals surface area (Å²) in [7, 11) is 0. The number of H-pyrrole nitrogens is 1. The Kier molecular flexibility index (Phi) is 6.97. The van der Waals surface area contributed by atoms with E-state index < -0.39 is 0 Å². The van der Waals surface area contributed by atoms with Crippen LogP contribution in [-0.2, 0) is 0 Å². The van der Waals surface area contributed by atoms with Gasteiger partial charge in [-0.2, -0.15) is 0 Å². The molecule has 1 aliphatic heterocycles. The van der Waals surface area contributed by atoms with Gasteiger partial charge >= 0.3 is 6.03 Å². The quantitative estimate of drug-likeness (QED) is 0.865. The SMILES string of the molecule is O=C(NCCC1CCCCCCC1)N1CCN(C(=O)c2ccc[nH]2)CC1. The summed E-state index contributed by atoms with van der Waals surface area (Å²) >= 11 is 0. The Morgan fingerprint density at radius 1 is 1.00 bits per heavy atom. The number of carbonyl (C=O) groups is 2. The van der Waals surface area contributed by atoms with E-state index in [1.54, 1.807) is 12.3 Å². The van der Waals surface area contributed by atoms with E-state index in [0.717, 1.165) is 18.9 Å². The number of nitrogens with one attached hydrogen (secondary N) is 2. The molecule has 3 amide bonds. The maximum atomic E-state index is 12.4. The highest BCUT2D eigenvalue weighted by Crippen LogP contribution is 2.24. The molecular weight excluding hydrogens is 328 g/mol. The molecule has 1 aromatic rings. The van der Waals surface area contributed by atoms with Crippen molar-refractivity contribution in [2.45, 2.75) is 51.4 Å². The van der Waals surface area contributed by atoms with E-state index >= 15 is 0 Å². The summed E-state index contributed by atoms with van der Waals surface area (Å²) in [6, 6.07) is 3.63. The van der Waals surface area contributed by atoms with Gasteiger partial charge in [-0.1, -0.05) is 44.9 Å². The van der Waals surface area contributed by atoms with Crippen LogP contribution in [0.3, 0.4) is 0 Å². The molecule has 0 aromatic carbocycles. The molecule has 3 rings (SSSR count). The molecule has 1 saturated heterocycles. The van der Waals surface area contributed by atoms with Crippen LogP contribution >= 0.6 is 0 Å². The number of aromatic amines is 1. The summed E-state index contributed by atoms with van der Waals surface area (Å²) < 4.78 is 0. The number of hydrogen-bond donors (Lipinski definition) is 2. The highest BCUT2D eigenvalue weighted by atomic mass is 16.2. The molecule has 26 heavy (non-hydrogen) atoms. The lowest BCUT2D eigenvalue weighted by molar-refractivity contribution is 0.0660. The largest absolute Gasteiger partial charge is 0.357 e. The van der Waals surface area contributed by atoms with Crippen molar-refractivity contribution in [3.8, 4) is 0 Å². The Morgan fingerprint density at radius 3 is 2.31 bits per heavy atom. The molecule has 144 valence electrons. The summed E-state index contributed by atoms with van der Waals surface area (Å²) in [5, 5.41) is 3.08. The summed E-state index contributed by atoms with van der Waals surface area (Å²) in [6.45, 7) is 3.15. The van der Waals surface area contributed by atoms with E-state index in [2.05, 4.69) is 10.3 Å². The van der Waals surface area contributed by atoms with Gasteiger partial charge in [0.2, 0.25) is 0 Å². The van der Waals surface area contributed by atoms with Crippen LogP contribution in [0.25, 0.3) is 0 Å². The maximum absolute atomic E-state index is 12.4. The summed E-state index contributed by atoms with van der Waals surface area (Å²) in [5.74, 6) is 0.783. The molecule has 0 atom stereocenters. The molecule has 0 spiro atoms. The van der Waals surface area contributed by atoms with Crippen LogP contribution in [0, 0.1) is 5.92 Å². The first-order valence-electron chi connectivity index (χ1n) is 10.2. The van der Waals surface area contributed by atoms with Crippen molar-refractivity contribution in [2.24, 2.45) is 5.92 Å². The van der Waals surface area contributed by atoms with Crippen molar-refractivity contribution >= 4 is 11.9 Å². The first-order valence-corrected chi connectivity index (χ1v) is 10.2. The Hall–Kier alpha value is -1.98. The van der Waals surface area contributed by atoms with Crippen molar-refractivity contribution in [3.05, 3.63) is 24.0 Å². The molecule has 2 heterocycles. The summed E-state index contributed by atoms with van der Waals surface area (Å²) in [6.07, 6.45) is 12.3. The monoisotopic (exact) mass is 360 g/mol. The average molecular weight is 361 g/mol. The zero-order valence-electron chi connectivity index (χ0n) is 15.7. The fourth-order valence-corrected chi connectivity index (χ4v) is 4.07. The standard InChI is InChI=1S/C20H32N4O2/c25-19(18-9-6-11-21-18)23-13-15-24(16-14-23)20(26)22-12-10-17-7-4-2-1-3-5-8-17/h6,9,11,17,21H,1-5,7-8,10,12-16H2,(H,22,26). The number of hydrogen-bond acceptors (Lipinski definition) is 2. The Balaban J connectivity index is 1.35. The number of nitrogens with zero attached hydrogens (tertiary/aromatic N) is 2. The van der Waals surface area contributed by atoms with Crippen LogP contribution in [0.1, 0.15) is 61.9 Å². The summed E-state index contributed by atoms with van der Waals surface area (Å²) in [5.41, 5.74) is 0.613. The van der Waals surface area contributed by atoms with Gasteiger partial charge in [-0.25, -0.2) is 4.79 Å². The minimum Gasteiger partial charge on any atom is -0.357 e. The summed E-state index contributed by atoms with van der Waals surface area (Å²) in [4.78, 5) is 31.3. The van der Waals surface area contributed by atoms with Crippen LogP contribution in [0.15, 0.2) is 18.3 Å².